The van der Waals surface area contributed by atoms with Gasteiger partial charge >= 0.3 is 19.5 Å². The summed E-state index contributed by atoms with van der Waals surface area (Å²) in [5.74, 6) is -2.90. The number of ether oxygens (including phenoxy) is 2. The van der Waals surface area contributed by atoms with E-state index in [-0.39, 0.29) is 10.6 Å². The molecule has 152 valence electrons. The van der Waals surface area contributed by atoms with Crippen molar-refractivity contribution in [2.45, 2.75) is 0 Å². The number of carbonyl (C=O) groups is 3. The maximum Gasteiger partial charge on any atom is 0.369 e. The van der Waals surface area contributed by atoms with Crippen LogP contribution < -0.4 is 0 Å². The molecule has 0 saturated heterocycles. The number of nitrogens with zero attached hydrogens (tertiary/aromatic N) is 1. The Morgan fingerprint density at radius 1 is 0.929 bits per heavy atom. The van der Waals surface area contributed by atoms with Gasteiger partial charge in [0.25, 0.3) is 5.91 Å². The van der Waals surface area contributed by atoms with Gasteiger partial charge in [-0.25, -0.2) is 14.6 Å². The van der Waals surface area contributed by atoms with E-state index in [1.807, 2.05) is 0 Å². The maximum atomic E-state index is 12.9. The van der Waals surface area contributed by atoms with Gasteiger partial charge in [-0.3, -0.25) is 9.36 Å². The molecule has 0 aliphatic carbocycles. The molecule has 1 aromatic carbocycles. The first-order valence-corrected chi connectivity index (χ1v) is 10.4. The number of hydrogen-bond donors (Lipinski definition) is 0. The van der Waals surface area contributed by atoms with Crippen LogP contribution in [0.1, 0.15) is 10.4 Å². The van der Waals surface area contributed by atoms with E-state index < -0.39 is 36.3 Å². The lowest BCUT2D eigenvalue weighted by molar-refractivity contribution is -0.138. The van der Waals surface area contributed by atoms with Crippen LogP contribution in [0.25, 0.3) is 0 Å². The van der Waals surface area contributed by atoms with Gasteiger partial charge < -0.3 is 18.5 Å². The molecule has 11 heteroatoms. The molecule has 0 radical (unpaired) electrons. The third kappa shape index (κ3) is 5.39. The normalized spacial score (nSPS) is 12.8. The van der Waals surface area contributed by atoms with Gasteiger partial charge in [-0.05, 0) is 18.4 Å². The van der Waals surface area contributed by atoms with Crippen LogP contribution in [-0.4, -0.2) is 57.6 Å². The zero-order valence-corrected chi connectivity index (χ0v) is 17.7. The molecule has 0 N–H and O–H groups in total. The maximum absolute atomic E-state index is 12.9. The summed E-state index contributed by atoms with van der Waals surface area (Å²) in [6, 6.07) is 8.06. The predicted octanol–water partition coefficient (Wildman–Crippen LogP) is 2.67. The van der Waals surface area contributed by atoms with Crippen molar-refractivity contribution in [3.05, 3.63) is 46.8 Å². The Bertz CT molecular complexity index is 842. The SMILES string of the molecule is COC(=O)/C(C(=NC(=O)c1ccccc1)SC)=C(/C(=O)OC)P(=O)(OC)OC. The molecule has 0 unspecified atom stereocenters. The largest absolute Gasteiger partial charge is 0.465 e. The summed E-state index contributed by atoms with van der Waals surface area (Å²) in [5.41, 5.74) is -0.294. The molecule has 0 atom stereocenters. The fraction of sp³-hybridized carbons (Fsp3) is 0.294. The second-order valence-electron chi connectivity index (χ2n) is 4.86. The van der Waals surface area contributed by atoms with Crippen molar-refractivity contribution in [2.75, 3.05) is 34.7 Å². The Labute approximate surface area is 166 Å². The molecule has 0 aromatic heterocycles. The third-order valence-corrected chi connectivity index (χ3v) is 5.99. The Balaban J connectivity index is 3.80. The zero-order chi connectivity index (χ0) is 21.3. The van der Waals surface area contributed by atoms with E-state index >= 15 is 0 Å². The van der Waals surface area contributed by atoms with Gasteiger partial charge in [0.2, 0.25) is 0 Å². The Hall–Kier alpha value is -2.26. The number of hydrogen-bond acceptors (Lipinski definition) is 9. The quantitative estimate of drug-likeness (QED) is 0.212. The number of methoxy groups -OCH3 is 2. The van der Waals surface area contributed by atoms with E-state index in [0.29, 0.717) is 0 Å². The summed E-state index contributed by atoms with van der Waals surface area (Å²) in [4.78, 5) is 41.1. The highest BCUT2D eigenvalue weighted by molar-refractivity contribution is 8.14. The summed E-state index contributed by atoms with van der Waals surface area (Å²) >= 11 is 0.868. The molecule has 1 aromatic rings. The summed E-state index contributed by atoms with van der Waals surface area (Å²) in [6.07, 6.45) is 1.51. The van der Waals surface area contributed by atoms with Crippen molar-refractivity contribution >= 4 is 42.2 Å². The number of carbonyl (C=O) groups excluding carboxylic acids is 3. The Kier molecular flexibility index (Phi) is 9.27. The second kappa shape index (κ2) is 10.9. The lowest BCUT2D eigenvalue weighted by Gasteiger charge is -2.19. The number of amides is 1. The van der Waals surface area contributed by atoms with Crippen LogP contribution in [0, 0.1) is 0 Å². The molecule has 0 spiro atoms. The van der Waals surface area contributed by atoms with Gasteiger partial charge in [0.15, 0.2) is 5.31 Å². The fourth-order valence-electron chi connectivity index (χ4n) is 2.03. The van der Waals surface area contributed by atoms with Crippen LogP contribution in [0.3, 0.4) is 0 Å². The first-order chi connectivity index (χ1) is 13.3. The van der Waals surface area contributed by atoms with Crippen molar-refractivity contribution in [1.82, 2.24) is 0 Å². The predicted molar refractivity (Wildman–Crippen MR) is 104 cm³/mol. The minimum atomic E-state index is -4.27. The van der Waals surface area contributed by atoms with Crippen LogP contribution in [-0.2, 0) is 32.7 Å². The first kappa shape index (κ1) is 23.8. The van der Waals surface area contributed by atoms with Crippen molar-refractivity contribution in [3.8, 4) is 0 Å². The van der Waals surface area contributed by atoms with Crippen molar-refractivity contribution in [1.29, 1.82) is 0 Å². The fourth-order valence-corrected chi connectivity index (χ4v) is 3.97. The molecule has 1 rings (SSSR count). The van der Waals surface area contributed by atoms with Gasteiger partial charge in [0.05, 0.1) is 14.2 Å². The van der Waals surface area contributed by atoms with Gasteiger partial charge in [-0.15, -0.1) is 11.8 Å². The highest BCUT2D eigenvalue weighted by Crippen LogP contribution is 2.56. The number of benzene rings is 1. The summed E-state index contributed by atoms with van der Waals surface area (Å²) in [5, 5.41) is -0.934. The van der Waals surface area contributed by atoms with Gasteiger partial charge in [0.1, 0.15) is 10.6 Å². The minimum absolute atomic E-state index is 0.213. The molecular weight excluding hydrogens is 409 g/mol. The zero-order valence-electron chi connectivity index (χ0n) is 16.0. The molecule has 9 nitrogen and oxygen atoms in total. The topological polar surface area (TPSA) is 118 Å². The first-order valence-electron chi connectivity index (χ1n) is 7.65. The molecule has 1 amide bonds. The van der Waals surface area contributed by atoms with Crippen LogP contribution in [0.4, 0.5) is 0 Å². The summed E-state index contributed by atoms with van der Waals surface area (Å²) < 4.78 is 32.0. The van der Waals surface area contributed by atoms with Crippen LogP contribution >= 0.6 is 19.4 Å². The molecule has 0 aliphatic heterocycles. The number of esters is 2. The van der Waals surface area contributed by atoms with E-state index in [1.165, 1.54) is 18.4 Å². The van der Waals surface area contributed by atoms with E-state index in [1.54, 1.807) is 18.2 Å². The van der Waals surface area contributed by atoms with Crippen molar-refractivity contribution in [2.24, 2.45) is 4.99 Å². The van der Waals surface area contributed by atoms with Gasteiger partial charge in [0, 0.05) is 19.8 Å². The van der Waals surface area contributed by atoms with E-state index in [2.05, 4.69) is 9.73 Å². The Morgan fingerprint density at radius 2 is 1.46 bits per heavy atom. The highest BCUT2D eigenvalue weighted by Gasteiger charge is 2.41. The smallest absolute Gasteiger partial charge is 0.369 e. The second-order valence-corrected chi connectivity index (χ2v) is 7.83. The lowest BCUT2D eigenvalue weighted by atomic mass is 10.2. The van der Waals surface area contributed by atoms with Crippen LogP contribution in [0.15, 0.2) is 46.2 Å². The third-order valence-electron chi connectivity index (χ3n) is 3.39. The molecule has 0 heterocycles. The van der Waals surface area contributed by atoms with E-state index in [9.17, 15) is 18.9 Å². The van der Waals surface area contributed by atoms with Crippen LogP contribution in [0.5, 0.6) is 0 Å². The van der Waals surface area contributed by atoms with Gasteiger partial charge in [-0.1, -0.05) is 18.2 Å². The van der Waals surface area contributed by atoms with Crippen LogP contribution in [0.2, 0.25) is 0 Å². The molecular formula is C17H20NO8PS. The van der Waals surface area contributed by atoms with E-state index in [0.717, 1.165) is 40.2 Å². The van der Waals surface area contributed by atoms with Crippen molar-refractivity contribution in [3.63, 3.8) is 0 Å². The number of thioether (sulfide) groups is 1. The average molecular weight is 429 g/mol. The number of aliphatic imine (C=N–C) groups is 1. The highest BCUT2D eigenvalue weighted by atomic mass is 32.2. The summed E-state index contributed by atoms with van der Waals surface area (Å²) in [7, 11) is -0.121. The lowest BCUT2D eigenvalue weighted by Crippen LogP contribution is -2.21. The standard InChI is InChI=1S/C17H20NO8PS/c1-23-16(20)12(13(17(21)24-2)27(22,25-3)26-4)15(28-5)18-14(19)11-9-7-6-8-10-11/h6-10H,1-5H3/b13-12-,18-15?. The average Bonchev–Trinajstić information content (AvgIpc) is 2.74. The Morgan fingerprint density at radius 3 is 1.89 bits per heavy atom. The van der Waals surface area contributed by atoms with Crippen molar-refractivity contribution < 1.29 is 37.5 Å². The molecule has 0 fully saturated rings. The molecule has 0 aliphatic rings. The monoisotopic (exact) mass is 429 g/mol. The van der Waals surface area contributed by atoms with E-state index in [4.69, 9.17) is 13.8 Å². The molecule has 28 heavy (non-hydrogen) atoms. The molecule has 0 saturated carbocycles. The summed E-state index contributed by atoms with van der Waals surface area (Å²) in [6.45, 7) is 0. The minimum Gasteiger partial charge on any atom is -0.465 e. The van der Waals surface area contributed by atoms with Gasteiger partial charge in [-0.2, -0.15) is 0 Å². The number of rotatable bonds is 7. The molecule has 0 bridgehead atoms.